The molecular weight excluding hydrogens is 278 g/mol. The Balaban J connectivity index is 1.71. The van der Waals surface area contributed by atoms with Gasteiger partial charge in [0.25, 0.3) is 0 Å². The molecule has 2 nitrogen and oxygen atoms in total. The second-order valence-corrected chi connectivity index (χ2v) is 5.64. The molecule has 1 aromatic rings. The summed E-state index contributed by atoms with van der Waals surface area (Å²) in [6.45, 7) is 4.60. The third-order valence-corrected chi connectivity index (χ3v) is 3.82. The predicted molar refractivity (Wildman–Crippen MR) is 73.7 cm³/mol. The lowest BCUT2D eigenvalue weighted by molar-refractivity contribution is -0.899. The molecule has 0 bridgehead atoms. The summed E-state index contributed by atoms with van der Waals surface area (Å²) in [5, 5.41) is 0. The minimum atomic E-state index is 0.825. The van der Waals surface area contributed by atoms with Crippen molar-refractivity contribution in [3.63, 3.8) is 0 Å². The molecule has 2 rings (SSSR count). The normalized spacial score (nSPS) is 17.7. The summed E-state index contributed by atoms with van der Waals surface area (Å²) in [4.78, 5) is 1.71. The number of rotatable bonds is 4. The molecule has 0 unspecified atom stereocenters. The van der Waals surface area contributed by atoms with Crippen molar-refractivity contribution in [2.45, 2.75) is 25.7 Å². The molecule has 0 spiro atoms. The molecule has 0 amide bonds. The molecule has 1 fully saturated rings. The molecule has 1 saturated heterocycles. The third-order valence-electron chi connectivity index (χ3n) is 3.33. The van der Waals surface area contributed by atoms with Crippen LogP contribution in [-0.4, -0.2) is 26.2 Å². The number of likely N-dealkylation sites (tertiary alicyclic amines) is 1. The van der Waals surface area contributed by atoms with E-state index in [9.17, 15) is 0 Å². The summed E-state index contributed by atoms with van der Waals surface area (Å²) in [6.07, 6.45) is 5.59. The molecule has 0 saturated carbocycles. The van der Waals surface area contributed by atoms with Crippen LogP contribution in [0.4, 0.5) is 0 Å². The van der Waals surface area contributed by atoms with Gasteiger partial charge >= 0.3 is 0 Å². The first-order valence-corrected chi connectivity index (χ1v) is 7.36. The zero-order valence-corrected chi connectivity index (χ0v) is 11.8. The van der Waals surface area contributed by atoms with Crippen molar-refractivity contribution in [3.8, 4) is 5.75 Å². The third kappa shape index (κ3) is 4.68. The molecule has 0 radical (unpaired) electrons. The highest BCUT2D eigenvalue weighted by molar-refractivity contribution is 9.10. The second-order valence-electron chi connectivity index (χ2n) is 4.72. The molecule has 3 heteroatoms. The lowest BCUT2D eigenvalue weighted by Crippen LogP contribution is -3.12. The van der Waals surface area contributed by atoms with E-state index < -0.39 is 0 Å². The van der Waals surface area contributed by atoms with E-state index in [1.807, 2.05) is 24.3 Å². The van der Waals surface area contributed by atoms with Crippen LogP contribution in [0.15, 0.2) is 28.7 Å². The SMILES string of the molecule is Brc1cccc(OCC[NH+]2CCCCCC2)c1. The van der Waals surface area contributed by atoms with E-state index in [0.29, 0.717) is 0 Å². The summed E-state index contributed by atoms with van der Waals surface area (Å²) in [6, 6.07) is 8.07. The van der Waals surface area contributed by atoms with Crippen molar-refractivity contribution >= 4 is 15.9 Å². The van der Waals surface area contributed by atoms with E-state index in [4.69, 9.17) is 4.74 Å². The fraction of sp³-hybridized carbons (Fsp3) is 0.571. The van der Waals surface area contributed by atoms with Gasteiger partial charge in [-0.3, -0.25) is 0 Å². The highest BCUT2D eigenvalue weighted by Gasteiger charge is 2.11. The molecule has 17 heavy (non-hydrogen) atoms. The maximum absolute atomic E-state index is 5.78. The van der Waals surface area contributed by atoms with E-state index in [1.165, 1.54) is 38.8 Å². The van der Waals surface area contributed by atoms with Crippen LogP contribution in [0.2, 0.25) is 0 Å². The number of hydrogen-bond acceptors (Lipinski definition) is 1. The maximum Gasteiger partial charge on any atom is 0.137 e. The molecule has 0 atom stereocenters. The topological polar surface area (TPSA) is 13.7 Å². The average molecular weight is 299 g/mol. The number of hydrogen-bond donors (Lipinski definition) is 1. The van der Waals surface area contributed by atoms with Gasteiger partial charge in [0.05, 0.1) is 13.1 Å². The van der Waals surface area contributed by atoms with E-state index in [-0.39, 0.29) is 0 Å². The minimum Gasteiger partial charge on any atom is -0.488 e. The molecule has 1 N–H and O–H groups in total. The van der Waals surface area contributed by atoms with Crippen molar-refractivity contribution in [2.24, 2.45) is 0 Å². The average Bonchev–Trinajstić information content (AvgIpc) is 2.58. The molecular formula is C14H21BrNO+. The van der Waals surface area contributed by atoms with Gasteiger partial charge in [-0.15, -0.1) is 0 Å². The van der Waals surface area contributed by atoms with Crippen molar-refractivity contribution in [3.05, 3.63) is 28.7 Å². The monoisotopic (exact) mass is 298 g/mol. The standard InChI is InChI=1S/C14H20BrNO/c15-13-6-5-7-14(12-13)17-11-10-16-8-3-1-2-4-9-16/h5-7,12H,1-4,8-11H2/p+1. The van der Waals surface area contributed by atoms with Crippen LogP contribution in [0.1, 0.15) is 25.7 Å². The van der Waals surface area contributed by atoms with Gasteiger partial charge in [-0.05, 0) is 43.9 Å². The Kier molecular flexibility index (Phi) is 5.33. The van der Waals surface area contributed by atoms with E-state index in [2.05, 4.69) is 15.9 Å². The van der Waals surface area contributed by atoms with E-state index in [0.717, 1.165) is 23.4 Å². The first-order chi connectivity index (χ1) is 8.34. The number of ether oxygens (including phenoxy) is 1. The van der Waals surface area contributed by atoms with E-state index in [1.54, 1.807) is 4.90 Å². The van der Waals surface area contributed by atoms with Gasteiger partial charge in [0.15, 0.2) is 0 Å². The number of nitrogens with one attached hydrogen (secondary N) is 1. The highest BCUT2D eigenvalue weighted by Crippen LogP contribution is 2.17. The molecule has 0 aliphatic carbocycles. The Morgan fingerprint density at radius 2 is 1.88 bits per heavy atom. The first kappa shape index (κ1) is 12.9. The fourth-order valence-corrected chi connectivity index (χ4v) is 2.73. The van der Waals surface area contributed by atoms with Crippen molar-refractivity contribution in [2.75, 3.05) is 26.2 Å². The van der Waals surface area contributed by atoms with Crippen LogP contribution < -0.4 is 9.64 Å². The van der Waals surface area contributed by atoms with Crippen LogP contribution in [0, 0.1) is 0 Å². The largest absolute Gasteiger partial charge is 0.488 e. The minimum absolute atomic E-state index is 0.825. The molecule has 1 aliphatic rings. The number of quaternary nitrogens is 1. The zero-order chi connectivity index (χ0) is 11.9. The van der Waals surface area contributed by atoms with Crippen LogP contribution in [-0.2, 0) is 0 Å². The number of halogens is 1. The summed E-state index contributed by atoms with van der Waals surface area (Å²) >= 11 is 3.46. The van der Waals surface area contributed by atoms with Crippen LogP contribution >= 0.6 is 15.9 Å². The molecule has 1 heterocycles. The van der Waals surface area contributed by atoms with Gasteiger partial charge in [-0.1, -0.05) is 22.0 Å². The van der Waals surface area contributed by atoms with Gasteiger partial charge in [0, 0.05) is 4.47 Å². The van der Waals surface area contributed by atoms with Crippen LogP contribution in [0.3, 0.4) is 0 Å². The van der Waals surface area contributed by atoms with Gasteiger partial charge < -0.3 is 9.64 Å². The molecule has 1 aliphatic heterocycles. The molecule has 94 valence electrons. The Morgan fingerprint density at radius 3 is 2.59 bits per heavy atom. The summed E-state index contributed by atoms with van der Waals surface area (Å²) in [5.41, 5.74) is 0. The predicted octanol–water partition coefficient (Wildman–Crippen LogP) is 2.29. The highest BCUT2D eigenvalue weighted by atomic mass is 79.9. The lowest BCUT2D eigenvalue weighted by Gasteiger charge is -2.17. The van der Waals surface area contributed by atoms with Crippen molar-refractivity contribution in [1.82, 2.24) is 0 Å². The molecule has 0 aromatic heterocycles. The summed E-state index contributed by atoms with van der Waals surface area (Å²) < 4.78 is 6.86. The van der Waals surface area contributed by atoms with Gasteiger partial charge in [-0.25, -0.2) is 0 Å². The maximum atomic E-state index is 5.78. The first-order valence-electron chi connectivity index (χ1n) is 6.56. The molecule has 1 aromatic carbocycles. The Labute approximate surface area is 112 Å². The Hall–Kier alpha value is -0.540. The zero-order valence-electron chi connectivity index (χ0n) is 10.3. The Morgan fingerprint density at radius 1 is 1.12 bits per heavy atom. The van der Waals surface area contributed by atoms with Gasteiger partial charge in [0.2, 0.25) is 0 Å². The number of benzene rings is 1. The van der Waals surface area contributed by atoms with Crippen LogP contribution in [0.25, 0.3) is 0 Å². The summed E-state index contributed by atoms with van der Waals surface area (Å²) in [7, 11) is 0. The smallest absolute Gasteiger partial charge is 0.137 e. The van der Waals surface area contributed by atoms with Crippen molar-refractivity contribution in [1.29, 1.82) is 0 Å². The van der Waals surface area contributed by atoms with E-state index >= 15 is 0 Å². The van der Waals surface area contributed by atoms with Crippen LogP contribution in [0.5, 0.6) is 5.75 Å². The lowest BCUT2D eigenvalue weighted by atomic mass is 10.2. The quantitative estimate of drug-likeness (QED) is 0.900. The Bertz CT molecular complexity index is 335. The summed E-state index contributed by atoms with van der Waals surface area (Å²) in [5.74, 6) is 0.966. The van der Waals surface area contributed by atoms with Gasteiger partial charge in [0.1, 0.15) is 18.9 Å². The van der Waals surface area contributed by atoms with Crippen molar-refractivity contribution < 1.29 is 9.64 Å². The van der Waals surface area contributed by atoms with Gasteiger partial charge in [-0.2, -0.15) is 0 Å². The fourth-order valence-electron chi connectivity index (χ4n) is 2.35. The second kappa shape index (κ2) is 7.02.